The van der Waals surface area contributed by atoms with Crippen LogP contribution in [0.3, 0.4) is 0 Å². The molecule has 2 heterocycles. The van der Waals surface area contributed by atoms with Crippen molar-refractivity contribution in [2.45, 2.75) is 18.9 Å². The number of carboxylic acids is 1. The Kier molecular flexibility index (Phi) is 5.08. The summed E-state index contributed by atoms with van der Waals surface area (Å²) in [5.41, 5.74) is 2.32. The summed E-state index contributed by atoms with van der Waals surface area (Å²) >= 11 is 3.47. The molecule has 2 unspecified atom stereocenters. The second-order valence-corrected chi connectivity index (χ2v) is 6.82. The number of nitrogens with zero attached hydrogens (tertiary/aromatic N) is 2. The molecule has 1 N–H and O–H groups in total. The minimum absolute atomic E-state index is 0.0632. The maximum Gasteiger partial charge on any atom is 0.307 e. The van der Waals surface area contributed by atoms with Gasteiger partial charge in [-0.15, -0.1) is 0 Å². The lowest BCUT2D eigenvalue weighted by Gasteiger charge is -2.37. The number of pyridine rings is 1. The largest absolute Gasteiger partial charge is 0.481 e. The quantitative estimate of drug-likeness (QED) is 0.885. The molecule has 1 aliphatic heterocycles. The number of aromatic nitrogens is 1. The molecular weight excluding hydrogens is 356 g/mol. The molecule has 1 aromatic heterocycles. The Morgan fingerprint density at radius 1 is 1.17 bits per heavy atom. The van der Waals surface area contributed by atoms with Crippen LogP contribution in [-0.2, 0) is 4.79 Å². The average molecular weight is 375 g/mol. The number of piperidine rings is 1. The first-order valence-electron chi connectivity index (χ1n) is 7.77. The number of rotatable bonds is 4. The van der Waals surface area contributed by atoms with Crippen LogP contribution in [0, 0.1) is 5.92 Å². The van der Waals surface area contributed by atoms with Gasteiger partial charge in [0.05, 0.1) is 12.0 Å². The minimum atomic E-state index is -0.695. The van der Waals surface area contributed by atoms with Crippen LogP contribution in [0.15, 0.2) is 53.3 Å². The summed E-state index contributed by atoms with van der Waals surface area (Å²) in [7, 11) is 0. The summed E-state index contributed by atoms with van der Waals surface area (Å²) in [5.74, 6) is -0.984. The van der Waals surface area contributed by atoms with Crippen LogP contribution >= 0.6 is 15.9 Å². The highest BCUT2D eigenvalue weighted by Crippen LogP contribution is 2.33. The van der Waals surface area contributed by atoms with Crippen LogP contribution in [0.2, 0.25) is 0 Å². The summed E-state index contributed by atoms with van der Waals surface area (Å²) in [6.07, 6.45) is 5.25. The van der Waals surface area contributed by atoms with E-state index < -0.39 is 5.97 Å². The molecule has 23 heavy (non-hydrogen) atoms. The molecular formula is C18H19BrN2O2. The van der Waals surface area contributed by atoms with Gasteiger partial charge >= 0.3 is 5.97 Å². The highest BCUT2D eigenvalue weighted by atomic mass is 79.9. The van der Waals surface area contributed by atoms with Gasteiger partial charge in [-0.25, -0.2) is 0 Å². The molecule has 0 aliphatic carbocycles. The van der Waals surface area contributed by atoms with Crippen molar-refractivity contribution in [1.82, 2.24) is 9.88 Å². The maximum atomic E-state index is 11.4. The molecule has 1 aromatic carbocycles. The summed E-state index contributed by atoms with van der Waals surface area (Å²) in [4.78, 5) is 17.8. The standard InChI is InChI=1S/C18H19BrN2O2/c19-16-5-3-13(4-6-16)17(14-7-9-20-10-8-14)21-11-1-2-15(12-21)18(22)23/h3-10,15,17H,1-2,11-12H2,(H,22,23). The van der Waals surface area contributed by atoms with Crippen LogP contribution in [0.4, 0.5) is 0 Å². The van der Waals surface area contributed by atoms with Crippen LogP contribution in [0.1, 0.15) is 30.0 Å². The van der Waals surface area contributed by atoms with Gasteiger partial charge in [0.25, 0.3) is 0 Å². The van der Waals surface area contributed by atoms with E-state index in [2.05, 4.69) is 37.9 Å². The minimum Gasteiger partial charge on any atom is -0.481 e. The van der Waals surface area contributed by atoms with Crippen LogP contribution < -0.4 is 0 Å². The van der Waals surface area contributed by atoms with E-state index in [1.165, 1.54) is 5.56 Å². The van der Waals surface area contributed by atoms with Crippen molar-refractivity contribution in [2.24, 2.45) is 5.92 Å². The number of carboxylic acid groups (broad SMARTS) is 1. The zero-order valence-electron chi connectivity index (χ0n) is 12.7. The normalized spacial score (nSPS) is 20.1. The van der Waals surface area contributed by atoms with Crippen LogP contribution in [-0.4, -0.2) is 34.0 Å². The second-order valence-electron chi connectivity index (χ2n) is 5.91. The van der Waals surface area contributed by atoms with E-state index in [9.17, 15) is 9.90 Å². The van der Waals surface area contributed by atoms with Crippen LogP contribution in [0.5, 0.6) is 0 Å². The van der Waals surface area contributed by atoms with E-state index in [0.717, 1.165) is 29.4 Å². The Morgan fingerprint density at radius 2 is 1.83 bits per heavy atom. The summed E-state index contributed by atoms with van der Waals surface area (Å²) in [6.45, 7) is 1.49. The van der Waals surface area contributed by atoms with Gasteiger partial charge in [0, 0.05) is 23.4 Å². The van der Waals surface area contributed by atoms with E-state index in [0.29, 0.717) is 6.54 Å². The summed E-state index contributed by atoms with van der Waals surface area (Å²) < 4.78 is 1.04. The number of aliphatic carboxylic acids is 1. The third kappa shape index (κ3) is 3.79. The Bertz CT molecular complexity index is 660. The number of halogens is 1. The lowest BCUT2D eigenvalue weighted by atomic mass is 9.92. The third-order valence-electron chi connectivity index (χ3n) is 4.37. The highest BCUT2D eigenvalue weighted by Gasteiger charge is 2.31. The zero-order valence-corrected chi connectivity index (χ0v) is 14.3. The SMILES string of the molecule is O=C(O)C1CCCN(C(c2ccncc2)c2ccc(Br)cc2)C1. The van der Waals surface area contributed by atoms with E-state index in [1.807, 2.05) is 24.3 Å². The molecule has 0 amide bonds. The van der Waals surface area contributed by atoms with Gasteiger partial charge in [0.1, 0.15) is 0 Å². The van der Waals surface area contributed by atoms with Gasteiger partial charge in [-0.05, 0) is 54.8 Å². The van der Waals surface area contributed by atoms with E-state index in [1.54, 1.807) is 12.4 Å². The molecule has 5 heteroatoms. The van der Waals surface area contributed by atoms with Crippen molar-refractivity contribution in [2.75, 3.05) is 13.1 Å². The molecule has 3 rings (SSSR count). The smallest absolute Gasteiger partial charge is 0.307 e. The predicted octanol–water partition coefficient (Wildman–Crippen LogP) is 3.73. The molecule has 1 aliphatic rings. The van der Waals surface area contributed by atoms with Gasteiger partial charge in [0.15, 0.2) is 0 Å². The first-order valence-corrected chi connectivity index (χ1v) is 8.56. The van der Waals surface area contributed by atoms with Crippen molar-refractivity contribution in [3.63, 3.8) is 0 Å². The number of carbonyl (C=O) groups is 1. The average Bonchev–Trinajstić information content (AvgIpc) is 2.58. The maximum absolute atomic E-state index is 11.4. The third-order valence-corrected chi connectivity index (χ3v) is 4.90. The summed E-state index contributed by atoms with van der Waals surface area (Å²) in [6, 6.07) is 12.3. The van der Waals surface area contributed by atoms with Gasteiger partial charge < -0.3 is 5.11 Å². The lowest BCUT2D eigenvalue weighted by molar-refractivity contribution is -0.143. The van der Waals surface area contributed by atoms with Crippen molar-refractivity contribution in [1.29, 1.82) is 0 Å². The van der Waals surface area contributed by atoms with E-state index in [-0.39, 0.29) is 12.0 Å². The van der Waals surface area contributed by atoms with Crippen molar-refractivity contribution in [3.8, 4) is 0 Å². The second kappa shape index (κ2) is 7.23. The highest BCUT2D eigenvalue weighted by molar-refractivity contribution is 9.10. The van der Waals surface area contributed by atoms with Gasteiger partial charge in [0.2, 0.25) is 0 Å². The van der Waals surface area contributed by atoms with Gasteiger partial charge in [-0.1, -0.05) is 28.1 Å². The molecule has 120 valence electrons. The Balaban J connectivity index is 1.95. The van der Waals surface area contributed by atoms with Crippen LogP contribution in [0.25, 0.3) is 0 Å². The Hall–Kier alpha value is -1.72. The first kappa shape index (κ1) is 16.1. The molecule has 2 atom stereocenters. The Morgan fingerprint density at radius 3 is 2.48 bits per heavy atom. The fraction of sp³-hybridized carbons (Fsp3) is 0.333. The molecule has 0 radical (unpaired) electrons. The molecule has 4 nitrogen and oxygen atoms in total. The van der Waals surface area contributed by atoms with Crippen molar-refractivity contribution in [3.05, 3.63) is 64.4 Å². The molecule has 2 aromatic rings. The lowest BCUT2D eigenvalue weighted by Crippen LogP contribution is -2.41. The van der Waals surface area contributed by atoms with E-state index >= 15 is 0 Å². The number of likely N-dealkylation sites (tertiary alicyclic amines) is 1. The first-order chi connectivity index (χ1) is 11.1. The fourth-order valence-corrected chi connectivity index (χ4v) is 3.51. The molecule has 1 fully saturated rings. The van der Waals surface area contributed by atoms with Gasteiger partial charge in [-0.2, -0.15) is 0 Å². The fourth-order valence-electron chi connectivity index (χ4n) is 3.25. The van der Waals surface area contributed by atoms with Gasteiger partial charge in [-0.3, -0.25) is 14.7 Å². The number of hydrogen-bond acceptors (Lipinski definition) is 3. The topological polar surface area (TPSA) is 53.4 Å². The predicted molar refractivity (Wildman–Crippen MR) is 92.2 cm³/mol. The van der Waals surface area contributed by atoms with Crippen molar-refractivity contribution < 1.29 is 9.90 Å². The summed E-state index contributed by atoms with van der Waals surface area (Å²) in [5, 5.41) is 9.37. The Labute approximate surface area is 144 Å². The molecule has 0 spiro atoms. The van der Waals surface area contributed by atoms with E-state index in [4.69, 9.17) is 0 Å². The number of benzene rings is 1. The number of hydrogen-bond donors (Lipinski definition) is 1. The zero-order chi connectivity index (χ0) is 16.2. The van der Waals surface area contributed by atoms with Crippen molar-refractivity contribution >= 4 is 21.9 Å². The monoisotopic (exact) mass is 374 g/mol. The molecule has 0 bridgehead atoms. The molecule has 1 saturated heterocycles. The molecule has 0 saturated carbocycles.